The Morgan fingerprint density at radius 3 is 2.51 bits per heavy atom. The molecule has 0 aliphatic carbocycles. The Morgan fingerprint density at radius 1 is 1.02 bits per heavy atom. The number of benzene rings is 3. The van der Waals surface area contributed by atoms with Crippen LogP contribution >= 0.6 is 11.8 Å². The van der Waals surface area contributed by atoms with E-state index in [1.165, 1.54) is 16.7 Å². The summed E-state index contributed by atoms with van der Waals surface area (Å²) in [5, 5.41) is 12.0. The van der Waals surface area contributed by atoms with Gasteiger partial charge in [0, 0.05) is 12.2 Å². The van der Waals surface area contributed by atoms with Crippen LogP contribution in [-0.2, 0) is 27.5 Å². The highest BCUT2D eigenvalue weighted by Gasteiger charge is 2.40. The third-order valence-corrected chi connectivity index (χ3v) is 8.77. The molecule has 0 saturated carbocycles. The van der Waals surface area contributed by atoms with Crippen molar-refractivity contribution in [1.29, 1.82) is 5.26 Å². The molecule has 0 spiro atoms. The van der Waals surface area contributed by atoms with E-state index >= 15 is 0 Å². The van der Waals surface area contributed by atoms with E-state index in [9.17, 15) is 14.4 Å². The Bertz CT molecular complexity index is 1730. The Kier molecular flexibility index (Phi) is 8.94. The van der Waals surface area contributed by atoms with Crippen LogP contribution in [0.15, 0.2) is 107 Å². The molecule has 2 saturated heterocycles. The van der Waals surface area contributed by atoms with Crippen molar-refractivity contribution < 1.29 is 23.5 Å². The second-order valence-corrected chi connectivity index (χ2v) is 11.6. The molecule has 1 N–H and O–H groups in total. The van der Waals surface area contributed by atoms with Gasteiger partial charge in [0.15, 0.2) is 5.17 Å². The summed E-state index contributed by atoms with van der Waals surface area (Å²) in [4.78, 5) is 47.4. The van der Waals surface area contributed by atoms with Crippen molar-refractivity contribution in [2.24, 2.45) is 4.99 Å². The first-order valence-electron chi connectivity index (χ1n) is 14.5. The molecule has 226 valence electrons. The van der Waals surface area contributed by atoms with Crippen LogP contribution in [0.5, 0.6) is 0 Å². The number of amidine groups is 1. The van der Waals surface area contributed by atoms with Crippen LogP contribution in [0.2, 0.25) is 0 Å². The minimum atomic E-state index is -0.629. The second-order valence-electron chi connectivity index (χ2n) is 10.6. The van der Waals surface area contributed by atoms with Gasteiger partial charge in [-0.1, -0.05) is 54.2 Å². The lowest BCUT2D eigenvalue weighted by molar-refractivity contribution is -0.126. The predicted molar refractivity (Wildman–Crippen MR) is 169 cm³/mol. The lowest BCUT2D eigenvalue weighted by Crippen LogP contribution is -2.43. The molecule has 6 rings (SSSR count). The lowest BCUT2D eigenvalue weighted by Gasteiger charge is -2.23. The van der Waals surface area contributed by atoms with Crippen molar-refractivity contribution in [1.82, 2.24) is 9.80 Å². The normalized spacial score (nSPS) is 18.6. The van der Waals surface area contributed by atoms with Crippen LogP contribution in [0.4, 0.5) is 16.2 Å². The maximum Gasteiger partial charge on any atom is 0.410 e. The van der Waals surface area contributed by atoms with Crippen LogP contribution < -0.4 is 5.32 Å². The number of hydrogen-bond acceptors (Lipinski definition) is 8. The van der Waals surface area contributed by atoms with Crippen LogP contribution in [0.25, 0.3) is 0 Å². The summed E-state index contributed by atoms with van der Waals surface area (Å²) in [5.41, 5.74) is 3.33. The zero-order valence-electron chi connectivity index (χ0n) is 24.2. The summed E-state index contributed by atoms with van der Waals surface area (Å²) in [5.74, 6) is 0.195. The van der Waals surface area contributed by atoms with Gasteiger partial charge < -0.3 is 14.5 Å². The maximum atomic E-state index is 13.6. The molecule has 3 heterocycles. The molecule has 45 heavy (non-hydrogen) atoms. The predicted octanol–water partition coefficient (Wildman–Crippen LogP) is 6.40. The summed E-state index contributed by atoms with van der Waals surface area (Å²) in [7, 11) is 0. The summed E-state index contributed by atoms with van der Waals surface area (Å²) < 4.78 is 11.0. The van der Waals surface area contributed by atoms with Crippen LogP contribution in [0.1, 0.15) is 40.5 Å². The topological polar surface area (TPSA) is 128 Å². The Balaban J connectivity index is 1.12. The van der Waals surface area contributed by atoms with Crippen molar-refractivity contribution in [3.8, 4) is 6.07 Å². The molecule has 11 heteroatoms. The van der Waals surface area contributed by atoms with Gasteiger partial charge in [0.25, 0.3) is 0 Å². The molecular formula is C34H29N5O5S. The highest BCUT2D eigenvalue weighted by molar-refractivity contribution is 8.15. The lowest BCUT2D eigenvalue weighted by atomic mass is 10.1. The monoisotopic (exact) mass is 619 g/mol. The Hall–Kier alpha value is -5.34. The SMILES string of the molecule is N#Cc1ccc(N=C2SC(c3ccc(NC(=O)[C@@H]4CCCN4C(=O)OCc4ccccc4)cc3)C(=O)N2Cc2ccco2)cc1. The van der Waals surface area contributed by atoms with E-state index in [0.29, 0.717) is 47.3 Å². The molecule has 1 unspecified atom stereocenters. The van der Waals surface area contributed by atoms with Gasteiger partial charge >= 0.3 is 6.09 Å². The Labute approximate surface area is 264 Å². The van der Waals surface area contributed by atoms with Gasteiger partial charge in [0.1, 0.15) is 23.7 Å². The number of nitriles is 1. The average Bonchev–Trinajstić information content (AvgIpc) is 3.84. The molecular weight excluding hydrogens is 590 g/mol. The van der Waals surface area contributed by atoms with Crippen molar-refractivity contribution in [3.63, 3.8) is 0 Å². The van der Waals surface area contributed by atoms with E-state index in [1.54, 1.807) is 71.8 Å². The van der Waals surface area contributed by atoms with Crippen LogP contribution in [0.3, 0.4) is 0 Å². The van der Waals surface area contributed by atoms with Gasteiger partial charge in [0.2, 0.25) is 11.8 Å². The van der Waals surface area contributed by atoms with Crippen molar-refractivity contribution >= 4 is 46.2 Å². The van der Waals surface area contributed by atoms with Gasteiger partial charge in [-0.2, -0.15) is 5.26 Å². The number of anilines is 1. The van der Waals surface area contributed by atoms with Crippen molar-refractivity contribution in [2.45, 2.75) is 37.3 Å². The second kappa shape index (κ2) is 13.5. The molecule has 10 nitrogen and oxygen atoms in total. The number of furan rings is 1. The number of nitrogens with one attached hydrogen (secondary N) is 1. The number of carbonyl (C=O) groups is 3. The van der Waals surface area contributed by atoms with E-state index in [0.717, 1.165) is 11.1 Å². The fourth-order valence-electron chi connectivity index (χ4n) is 5.20. The zero-order valence-corrected chi connectivity index (χ0v) is 25.0. The number of carbonyl (C=O) groups excluding carboxylic acids is 3. The molecule has 4 aromatic rings. The standard InChI is InChI=1S/C34H29N5O5S/c35-20-23-10-14-27(15-11-23)37-33-39(21-28-8-5-19-43-28)32(41)30(45-33)25-12-16-26(17-13-25)36-31(40)29-9-4-18-38(29)34(42)44-22-24-6-2-1-3-7-24/h1-3,5-8,10-17,19,29-30H,4,9,18,21-22H2,(H,36,40)/t29-,30?/m0/s1. The van der Waals surface area contributed by atoms with Gasteiger partial charge in [-0.15, -0.1) is 0 Å². The van der Waals surface area contributed by atoms with Crippen LogP contribution in [0, 0.1) is 11.3 Å². The first-order valence-corrected chi connectivity index (χ1v) is 15.3. The van der Waals surface area contributed by atoms with E-state index in [1.807, 2.05) is 30.3 Å². The quantitative estimate of drug-likeness (QED) is 0.242. The van der Waals surface area contributed by atoms with Gasteiger partial charge in [-0.05, 0) is 72.5 Å². The zero-order chi connectivity index (χ0) is 31.2. The number of nitrogens with zero attached hydrogens (tertiary/aromatic N) is 4. The summed E-state index contributed by atoms with van der Waals surface area (Å²) in [6, 6.07) is 28.4. The molecule has 2 aliphatic rings. The van der Waals surface area contributed by atoms with Crippen LogP contribution in [-0.4, -0.2) is 45.5 Å². The fraction of sp³-hybridized carbons (Fsp3) is 0.206. The number of amides is 3. The molecule has 1 aromatic heterocycles. The molecule has 3 aromatic carbocycles. The minimum absolute atomic E-state index is 0.142. The average molecular weight is 620 g/mol. The third-order valence-electron chi connectivity index (χ3n) is 7.54. The first kappa shape index (κ1) is 29.7. The Morgan fingerprint density at radius 2 is 1.80 bits per heavy atom. The maximum absolute atomic E-state index is 13.6. The van der Waals surface area contributed by atoms with E-state index in [-0.39, 0.29) is 25.0 Å². The summed E-state index contributed by atoms with van der Waals surface area (Å²) in [6.07, 6.45) is 2.30. The van der Waals surface area contributed by atoms with Gasteiger partial charge in [0.05, 0.1) is 30.1 Å². The number of rotatable bonds is 8. The van der Waals surface area contributed by atoms with Crippen molar-refractivity contribution in [3.05, 3.63) is 120 Å². The number of ether oxygens (including phenoxy) is 1. The number of likely N-dealkylation sites (tertiary alicyclic amines) is 1. The fourth-order valence-corrected chi connectivity index (χ4v) is 6.38. The highest BCUT2D eigenvalue weighted by atomic mass is 32.2. The smallest absolute Gasteiger partial charge is 0.410 e. The van der Waals surface area contributed by atoms with E-state index in [4.69, 9.17) is 19.4 Å². The largest absolute Gasteiger partial charge is 0.467 e. The third kappa shape index (κ3) is 6.92. The molecule has 0 radical (unpaired) electrons. The molecule has 2 fully saturated rings. The van der Waals surface area contributed by atoms with Gasteiger partial charge in [-0.3, -0.25) is 19.4 Å². The molecule has 2 atom stereocenters. The first-order chi connectivity index (χ1) is 22.0. The number of aliphatic imine (C=N–C) groups is 1. The van der Waals surface area contributed by atoms with E-state index < -0.39 is 17.4 Å². The summed E-state index contributed by atoms with van der Waals surface area (Å²) >= 11 is 1.33. The molecule has 0 bridgehead atoms. The minimum Gasteiger partial charge on any atom is -0.467 e. The molecule has 3 amide bonds. The number of thioether (sulfide) groups is 1. The highest BCUT2D eigenvalue weighted by Crippen LogP contribution is 2.41. The molecule has 2 aliphatic heterocycles. The van der Waals surface area contributed by atoms with E-state index in [2.05, 4.69) is 11.4 Å². The summed E-state index contributed by atoms with van der Waals surface area (Å²) in [6.45, 7) is 0.819. The number of hydrogen-bond donors (Lipinski definition) is 1. The van der Waals surface area contributed by atoms with Gasteiger partial charge in [-0.25, -0.2) is 9.79 Å². The van der Waals surface area contributed by atoms with Crippen molar-refractivity contribution in [2.75, 3.05) is 11.9 Å².